The molecule has 0 saturated carbocycles. The molecular formula is C21H19ClFOP. The Labute approximate surface area is 152 Å². The molecule has 3 aromatic rings. The monoisotopic (exact) mass is 372 g/mol. The van der Waals surface area contributed by atoms with Gasteiger partial charge in [0, 0.05) is 0 Å². The fourth-order valence-corrected chi connectivity index (χ4v) is 9.30. The summed E-state index contributed by atoms with van der Waals surface area (Å²) in [6.45, 7) is -1.02. The first-order valence-corrected chi connectivity index (χ1v) is 11.4. The minimum absolute atomic E-state index is 0.0400. The van der Waals surface area contributed by atoms with Crippen LogP contribution in [0.1, 0.15) is 0 Å². The molecule has 0 aliphatic heterocycles. The molecule has 0 fully saturated rings. The van der Waals surface area contributed by atoms with Crippen molar-refractivity contribution in [2.24, 2.45) is 0 Å². The van der Waals surface area contributed by atoms with Gasteiger partial charge >= 0.3 is 152 Å². The van der Waals surface area contributed by atoms with E-state index in [0.717, 1.165) is 15.9 Å². The number of Topliss-reactive ketones (excluding diaryl/α,β-unsaturated/α-hetero) is 1. The van der Waals surface area contributed by atoms with E-state index in [4.69, 9.17) is 11.2 Å². The molecule has 4 heteroatoms. The number of alkyl halides is 1. The Hall–Kier alpha value is -2.02. The van der Waals surface area contributed by atoms with Gasteiger partial charge in [-0.25, -0.2) is 0 Å². The Morgan fingerprint density at radius 1 is 0.720 bits per heavy atom. The number of halogens is 2. The summed E-state index contributed by atoms with van der Waals surface area (Å²) in [7, 11) is 0. The van der Waals surface area contributed by atoms with Gasteiger partial charge in [-0.2, -0.15) is 0 Å². The Kier molecular flexibility index (Phi) is 5.03. The van der Waals surface area contributed by atoms with Gasteiger partial charge in [0.05, 0.1) is 0 Å². The van der Waals surface area contributed by atoms with E-state index in [2.05, 4.69) is 0 Å². The second-order valence-electron chi connectivity index (χ2n) is 6.02. The van der Waals surface area contributed by atoms with E-state index >= 15 is 0 Å². The van der Waals surface area contributed by atoms with Crippen LogP contribution in [0, 0.1) is 0 Å². The summed E-state index contributed by atoms with van der Waals surface area (Å²) in [5.41, 5.74) is 0. The Balaban J connectivity index is 2.42. The normalized spacial score (nSPS) is 13.0. The number of rotatable bonds is 6. The predicted octanol–water partition coefficient (Wildman–Crippen LogP) is 4.21. The molecule has 3 rings (SSSR count). The van der Waals surface area contributed by atoms with E-state index in [1.807, 2.05) is 91.0 Å². The van der Waals surface area contributed by atoms with E-state index in [0.29, 0.717) is 0 Å². The Morgan fingerprint density at radius 2 is 1.04 bits per heavy atom. The number of hydrogen-bond donors (Lipinski definition) is 0. The first-order valence-electron chi connectivity index (χ1n) is 8.07. The average Bonchev–Trinajstić information content (AvgIpc) is 2.70. The van der Waals surface area contributed by atoms with Crippen LogP contribution in [-0.4, -0.2) is 18.6 Å². The van der Waals surface area contributed by atoms with Crippen molar-refractivity contribution in [2.45, 2.75) is 0 Å². The molecule has 1 nitrogen and oxygen atoms in total. The SMILES string of the molecule is O=C(CF)CP(Cl)(c1ccccc1)(c1ccccc1)c1ccccc1. The number of carbonyl (C=O) groups excluding carboxylic acids is 1. The zero-order valence-electron chi connectivity index (χ0n) is 13.7. The van der Waals surface area contributed by atoms with Crippen molar-refractivity contribution in [1.29, 1.82) is 0 Å². The van der Waals surface area contributed by atoms with Gasteiger partial charge in [-0.1, -0.05) is 0 Å². The quantitative estimate of drug-likeness (QED) is 0.592. The summed E-state index contributed by atoms with van der Waals surface area (Å²) >= 11 is 7.59. The second kappa shape index (κ2) is 7.07. The van der Waals surface area contributed by atoms with Crippen LogP contribution in [0.2, 0.25) is 0 Å². The third-order valence-corrected chi connectivity index (χ3v) is 11.7. The predicted molar refractivity (Wildman–Crippen MR) is 107 cm³/mol. The fourth-order valence-electron chi connectivity index (χ4n) is 3.31. The van der Waals surface area contributed by atoms with Crippen LogP contribution in [-0.2, 0) is 4.79 Å². The first-order chi connectivity index (χ1) is 12.1. The maximum absolute atomic E-state index is 13.2. The molecule has 0 bridgehead atoms. The van der Waals surface area contributed by atoms with Crippen LogP contribution in [0.15, 0.2) is 91.0 Å². The first kappa shape index (κ1) is 17.8. The number of ketones is 1. The molecule has 3 aromatic carbocycles. The standard InChI is InChI=1S/C21H19ClFOP/c22-25(17-18(24)16-23,19-10-4-1-5-11-19,20-12-6-2-7-13-20)21-14-8-3-9-15-21/h1-15H,16-17H2. The van der Waals surface area contributed by atoms with Crippen LogP contribution < -0.4 is 15.9 Å². The molecule has 0 atom stereocenters. The molecule has 0 amide bonds. The van der Waals surface area contributed by atoms with Crippen LogP contribution in [0.25, 0.3) is 0 Å². The van der Waals surface area contributed by atoms with Gasteiger partial charge < -0.3 is 0 Å². The molecule has 0 aliphatic rings. The topological polar surface area (TPSA) is 17.1 Å². The van der Waals surface area contributed by atoms with E-state index < -0.39 is 18.4 Å². The fraction of sp³-hybridized carbons (Fsp3) is 0.0952. The summed E-state index contributed by atoms with van der Waals surface area (Å²) < 4.78 is 13.2. The van der Waals surface area contributed by atoms with Gasteiger partial charge in [-0.3, -0.25) is 0 Å². The molecular weight excluding hydrogens is 354 g/mol. The van der Waals surface area contributed by atoms with Crippen molar-refractivity contribution in [3.05, 3.63) is 91.0 Å². The van der Waals surface area contributed by atoms with Crippen molar-refractivity contribution in [3.8, 4) is 0 Å². The zero-order valence-corrected chi connectivity index (χ0v) is 15.3. The number of carbonyl (C=O) groups is 1. The van der Waals surface area contributed by atoms with Crippen LogP contribution in [0.4, 0.5) is 4.39 Å². The van der Waals surface area contributed by atoms with Crippen molar-refractivity contribution in [1.82, 2.24) is 0 Å². The van der Waals surface area contributed by atoms with Gasteiger partial charge in [0.1, 0.15) is 0 Å². The molecule has 0 N–H and O–H groups in total. The molecule has 0 radical (unpaired) electrons. The summed E-state index contributed by atoms with van der Waals surface area (Å²) in [5.74, 6) is -4.12. The molecule has 0 aromatic heterocycles. The van der Waals surface area contributed by atoms with Gasteiger partial charge in [0.25, 0.3) is 0 Å². The van der Waals surface area contributed by atoms with E-state index in [-0.39, 0.29) is 6.16 Å². The zero-order chi connectivity index (χ0) is 17.8. The minimum atomic E-state index is -3.64. The van der Waals surface area contributed by atoms with Gasteiger partial charge in [0.15, 0.2) is 0 Å². The van der Waals surface area contributed by atoms with Crippen LogP contribution in [0.5, 0.6) is 0 Å². The van der Waals surface area contributed by atoms with Crippen molar-refractivity contribution in [3.63, 3.8) is 0 Å². The molecule has 25 heavy (non-hydrogen) atoms. The van der Waals surface area contributed by atoms with Crippen molar-refractivity contribution < 1.29 is 9.18 Å². The molecule has 0 heterocycles. The Morgan fingerprint density at radius 3 is 1.32 bits per heavy atom. The summed E-state index contributed by atoms with van der Waals surface area (Å²) in [5, 5.41) is 2.61. The maximum atomic E-state index is 13.2. The number of benzene rings is 3. The molecule has 0 unspecified atom stereocenters. The average molecular weight is 373 g/mol. The van der Waals surface area contributed by atoms with Gasteiger partial charge in [-0.15, -0.1) is 0 Å². The summed E-state index contributed by atoms with van der Waals surface area (Å²) in [4.78, 5) is 12.3. The molecule has 0 spiro atoms. The summed E-state index contributed by atoms with van der Waals surface area (Å²) in [6.07, 6.45) is -0.0400. The van der Waals surface area contributed by atoms with E-state index in [1.54, 1.807) is 0 Å². The van der Waals surface area contributed by atoms with Gasteiger partial charge in [-0.05, 0) is 0 Å². The Bertz CT molecular complexity index is 753. The molecule has 0 saturated heterocycles. The van der Waals surface area contributed by atoms with Crippen LogP contribution >= 0.6 is 17.2 Å². The van der Waals surface area contributed by atoms with Crippen molar-refractivity contribution in [2.75, 3.05) is 12.8 Å². The third kappa shape index (κ3) is 3.01. The van der Waals surface area contributed by atoms with Crippen LogP contribution in [0.3, 0.4) is 0 Å². The molecule has 128 valence electrons. The number of hydrogen-bond acceptors (Lipinski definition) is 1. The second-order valence-corrected chi connectivity index (χ2v) is 12.5. The van der Waals surface area contributed by atoms with E-state index in [1.165, 1.54) is 0 Å². The summed E-state index contributed by atoms with van der Waals surface area (Å²) in [6, 6.07) is 28.8. The van der Waals surface area contributed by atoms with Gasteiger partial charge in [0.2, 0.25) is 0 Å². The third-order valence-electron chi connectivity index (χ3n) is 4.51. The van der Waals surface area contributed by atoms with E-state index in [9.17, 15) is 9.18 Å². The molecule has 0 aliphatic carbocycles. The van der Waals surface area contributed by atoms with Crippen molar-refractivity contribution >= 4 is 38.9 Å².